The van der Waals surface area contributed by atoms with Gasteiger partial charge in [0.1, 0.15) is 0 Å². The molecule has 0 radical (unpaired) electrons. The van der Waals surface area contributed by atoms with Crippen LogP contribution >= 0.6 is 0 Å². The normalized spacial score (nSPS) is 13.8. The molecule has 0 N–H and O–H groups in total. The lowest BCUT2D eigenvalue weighted by molar-refractivity contribution is 0.657. The van der Waals surface area contributed by atoms with Gasteiger partial charge in [-0.05, 0) is 33.9 Å². The van der Waals surface area contributed by atoms with Crippen molar-refractivity contribution in [3.8, 4) is 28.5 Å². The van der Waals surface area contributed by atoms with Gasteiger partial charge in [0, 0.05) is 59.8 Å². The molecule has 0 saturated carbocycles. The lowest BCUT2D eigenvalue weighted by Crippen LogP contribution is -2.18. The average Bonchev–Trinajstić information content (AvgIpc) is 3.94. The van der Waals surface area contributed by atoms with Crippen LogP contribution in [0.1, 0.15) is 25.0 Å². The van der Waals surface area contributed by atoms with Crippen LogP contribution in [-0.2, 0) is 5.41 Å². The number of fused-ring (bicyclic) bond motifs is 17. The second-order valence-electron chi connectivity index (χ2n) is 15.7. The van der Waals surface area contributed by atoms with Crippen LogP contribution in [0.25, 0.3) is 110 Å². The monoisotopic (exact) mass is 700 g/mol. The number of hydrogen-bond donors (Lipinski definition) is 0. The van der Waals surface area contributed by atoms with Gasteiger partial charge in [-0.15, -0.1) is 0 Å². The topological polar surface area (TPSA) is 35.1 Å². The molecule has 1 aliphatic rings. The second kappa shape index (κ2) is 10.1. The van der Waals surface area contributed by atoms with Crippen molar-refractivity contribution < 1.29 is 0 Å². The van der Waals surface area contributed by atoms with Crippen molar-refractivity contribution in [2.24, 2.45) is 0 Å². The maximum atomic E-state index is 5.75. The molecule has 0 bridgehead atoms. The molecule has 55 heavy (non-hydrogen) atoms. The van der Waals surface area contributed by atoms with Gasteiger partial charge < -0.3 is 4.40 Å². The molecular formula is C51H32N4. The molecule has 0 atom stereocenters. The highest BCUT2D eigenvalue weighted by Crippen LogP contribution is 2.53. The molecule has 12 aromatic rings. The van der Waals surface area contributed by atoms with E-state index in [4.69, 9.17) is 9.97 Å². The van der Waals surface area contributed by atoms with E-state index >= 15 is 0 Å². The molecule has 4 heteroatoms. The third-order valence-electron chi connectivity index (χ3n) is 12.6. The van der Waals surface area contributed by atoms with Gasteiger partial charge in [-0.3, -0.25) is 4.57 Å². The van der Waals surface area contributed by atoms with E-state index in [9.17, 15) is 0 Å². The summed E-state index contributed by atoms with van der Waals surface area (Å²) in [6.45, 7) is 4.65. The third kappa shape index (κ3) is 3.53. The quantitative estimate of drug-likeness (QED) is 0.180. The minimum Gasteiger partial charge on any atom is -0.307 e. The summed E-state index contributed by atoms with van der Waals surface area (Å²) in [7, 11) is 0. The summed E-state index contributed by atoms with van der Waals surface area (Å²) in [6, 6.07) is 57.5. The van der Waals surface area contributed by atoms with Gasteiger partial charge in [0.05, 0.1) is 39.0 Å². The molecule has 0 amide bonds. The van der Waals surface area contributed by atoms with E-state index in [1.807, 2.05) is 0 Å². The smallest absolute Gasteiger partial charge is 0.235 e. The van der Waals surface area contributed by atoms with E-state index in [1.54, 1.807) is 0 Å². The van der Waals surface area contributed by atoms with Crippen LogP contribution in [0.3, 0.4) is 0 Å². The van der Waals surface area contributed by atoms with Crippen LogP contribution in [0.2, 0.25) is 0 Å². The summed E-state index contributed by atoms with van der Waals surface area (Å²) >= 11 is 0. The maximum Gasteiger partial charge on any atom is 0.235 e. The highest BCUT2D eigenvalue weighted by atomic mass is 15.2. The van der Waals surface area contributed by atoms with Crippen molar-refractivity contribution >= 4 is 81.4 Å². The highest BCUT2D eigenvalue weighted by Gasteiger charge is 2.40. The zero-order valence-corrected chi connectivity index (χ0v) is 30.3. The van der Waals surface area contributed by atoms with Gasteiger partial charge in [-0.1, -0.05) is 159 Å². The van der Waals surface area contributed by atoms with Gasteiger partial charge in [-0.2, -0.15) is 0 Å². The first-order valence-corrected chi connectivity index (χ1v) is 19.1. The van der Waals surface area contributed by atoms with Crippen LogP contribution in [0.4, 0.5) is 0 Å². The summed E-state index contributed by atoms with van der Waals surface area (Å²) in [6.07, 6.45) is 0. The molecule has 0 fully saturated rings. The van der Waals surface area contributed by atoms with Crippen LogP contribution in [0.5, 0.6) is 0 Å². The van der Waals surface area contributed by atoms with E-state index in [2.05, 4.69) is 181 Å². The summed E-state index contributed by atoms with van der Waals surface area (Å²) in [4.78, 5) is 11.4. The first kappa shape index (κ1) is 29.4. The maximum absolute atomic E-state index is 5.75. The molecule has 4 heterocycles. The van der Waals surface area contributed by atoms with E-state index in [1.165, 1.54) is 87.1 Å². The number of aromatic nitrogens is 4. The predicted octanol–water partition coefficient (Wildman–Crippen LogP) is 13.0. The number of rotatable bonds is 2. The Balaban J connectivity index is 1.27. The second-order valence-corrected chi connectivity index (χ2v) is 15.7. The van der Waals surface area contributed by atoms with Crippen molar-refractivity contribution in [1.29, 1.82) is 0 Å². The van der Waals surface area contributed by atoms with Gasteiger partial charge in [0.2, 0.25) is 5.95 Å². The molecule has 256 valence electrons. The zero-order valence-electron chi connectivity index (χ0n) is 30.3. The van der Waals surface area contributed by atoms with Gasteiger partial charge >= 0.3 is 0 Å². The van der Waals surface area contributed by atoms with Gasteiger partial charge in [-0.25, -0.2) is 9.97 Å². The summed E-state index contributed by atoms with van der Waals surface area (Å²) in [5.41, 5.74) is 12.4. The Labute approximate surface area is 315 Å². The minimum atomic E-state index is -0.294. The number of benzene rings is 8. The SMILES string of the molecule is CC1(C)c2ccccc2-c2nc(-n3c4ccccc4c4c3c3ccccc3c3c5cccc6c7ccccc7n(c65)c34)nc(-c3cccc4ccccc34)c21. The molecule has 0 aliphatic heterocycles. The molecule has 0 spiro atoms. The summed E-state index contributed by atoms with van der Waals surface area (Å²) in [5, 5.41) is 12.4. The van der Waals surface area contributed by atoms with Gasteiger partial charge in [0.25, 0.3) is 0 Å². The largest absolute Gasteiger partial charge is 0.307 e. The van der Waals surface area contributed by atoms with E-state index in [-0.39, 0.29) is 5.41 Å². The summed E-state index contributed by atoms with van der Waals surface area (Å²) < 4.78 is 4.90. The van der Waals surface area contributed by atoms with Crippen LogP contribution in [-0.4, -0.2) is 18.9 Å². The Morgan fingerprint density at radius 2 is 0.982 bits per heavy atom. The lowest BCUT2D eigenvalue weighted by Gasteiger charge is -2.24. The highest BCUT2D eigenvalue weighted by molar-refractivity contribution is 6.39. The van der Waals surface area contributed by atoms with Crippen LogP contribution in [0, 0.1) is 0 Å². The molecule has 13 rings (SSSR count). The van der Waals surface area contributed by atoms with E-state index < -0.39 is 0 Å². The Morgan fingerprint density at radius 1 is 0.418 bits per heavy atom. The first-order chi connectivity index (χ1) is 27.1. The Hall–Kier alpha value is -7.04. The van der Waals surface area contributed by atoms with E-state index in [0.717, 1.165) is 28.0 Å². The van der Waals surface area contributed by atoms with Crippen LogP contribution in [0.15, 0.2) is 158 Å². The van der Waals surface area contributed by atoms with Gasteiger partial charge in [0.15, 0.2) is 0 Å². The Kier molecular flexibility index (Phi) is 5.42. The van der Waals surface area contributed by atoms with Crippen LogP contribution < -0.4 is 0 Å². The van der Waals surface area contributed by atoms with Crippen molar-refractivity contribution in [1.82, 2.24) is 18.9 Å². The van der Waals surface area contributed by atoms with Crippen molar-refractivity contribution in [3.63, 3.8) is 0 Å². The fourth-order valence-corrected chi connectivity index (χ4v) is 10.4. The molecular weight excluding hydrogens is 669 g/mol. The van der Waals surface area contributed by atoms with Crippen molar-refractivity contribution in [3.05, 3.63) is 169 Å². The average molecular weight is 701 g/mol. The summed E-state index contributed by atoms with van der Waals surface area (Å²) in [5.74, 6) is 0.684. The Morgan fingerprint density at radius 3 is 1.84 bits per heavy atom. The van der Waals surface area contributed by atoms with Crippen molar-refractivity contribution in [2.45, 2.75) is 19.3 Å². The minimum absolute atomic E-state index is 0.294. The molecule has 1 aliphatic carbocycles. The predicted molar refractivity (Wildman–Crippen MR) is 229 cm³/mol. The Bertz CT molecular complexity index is 3630. The first-order valence-electron chi connectivity index (χ1n) is 19.1. The van der Waals surface area contributed by atoms with Crippen molar-refractivity contribution in [2.75, 3.05) is 0 Å². The molecule has 0 unspecified atom stereocenters. The standard InChI is InChI=1S/C51H32N4/c1-51(2)39-26-10-7-21-36(39)46-44(51)45(33-23-13-16-29-15-3-4-17-30(29)33)52-50(53-46)55-41-28-12-9-22-37(41)43-48(55)35-20-6-5-19-32(35)42-38-25-14-24-34-31-18-8-11-27-40(31)54(47(34)38)49(42)43/h3-28H,1-2H3. The number of para-hydroxylation sites is 3. The molecule has 0 saturated heterocycles. The number of nitrogens with zero attached hydrogens (tertiary/aromatic N) is 4. The van der Waals surface area contributed by atoms with E-state index in [0.29, 0.717) is 5.95 Å². The number of hydrogen-bond acceptors (Lipinski definition) is 2. The third-order valence-corrected chi connectivity index (χ3v) is 12.6. The molecule has 4 nitrogen and oxygen atoms in total. The fourth-order valence-electron chi connectivity index (χ4n) is 10.4. The molecule has 4 aromatic heterocycles. The molecule has 8 aromatic carbocycles. The fraction of sp³-hybridized carbons (Fsp3) is 0.0588. The lowest BCUT2D eigenvalue weighted by atomic mass is 9.80. The zero-order chi connectivity index (χ0) is 36.2.